The molecule has 2 aromatic rings. The second-order valence-corrected chi connectivity index (χ2v) is 6.33. The maximum absolute atomic E-state index is 11.7. The van der Waals surface area contributed by atoms with E-state index in [0.717, 1.165) is 13.1 Å². The van der Waals surface area contributed by atoms with Crippen LogP contribution in [0.3, 0.4) is 0 Å². The second kappa shape index (κ2) is 7.96. The Morgan fingerprint density at radius 3 is 2.33 bits per heavy atom. The van der Waals surface area contributed by atoms with Crippen LogP contribution in [0, 0.1) is 10.1 Å². The van der Waals surface area contributed by atoms with E-state index in [1.165, 1.54) is 13.3 Å². The summed E-state index contributed by atoms with van der Waals surface area (Å²) in [6.07, 6.45) is 1.33. The average molecular weight is 371 g/mol. The highest BCUT2D eigenvalue weighted by atomic mass is 16.6. The summed E-state index contributed by atoms with van der Waals surface area (Å²) in [5.74, 6) is 0.288. The quantitative estimate of drug-likeness (QED) is 0.604. The van der Waals surface area contributed by atoms with Crippen molar-refractivity contribution in [3.8, 4) is 0 Å². The van der Waals surface area contributed by atoms with Crippen LogP contribution in [0.15, 0.2) is 30.6 Å². The normalized spacial score (nSPS) is 14.7. The molecule has 0 saturated carbocycles. The van der Waals surface area contributed by atoms with Crippen LogP contribution in [0.1, 0.15) is 6.92 Å². The summed E-state index contributed by atoms with van der Waals surface area (Å²) in [6.45, 7) is 4.39. The Morgan fingerprint density at radius 2 is 1.74 bits per heavy atom. The molecule has 0 aliphatic carbocycles. The number of nitro groups is 1. The number of hydrogen-bond acceptors (Lipinski definition) is 8. The van der Waals surface area contributed by atoms with Crippen LogP contribution in [0.2, 0.25) is 0 Å². The van der Waals surface area contributed by atoms with Gasteiger partial charge < -0.3 is 20.4 Å². The van der Waals surface area contributed by atoms with Gasteiger partial charge in [0.2, 0.25) is 17.5 Å². The van der Waals surface area contributed by atoms with Gasteiger partial charge in [-0.2, -0.15) is 0 Å². The van der Waals surface area contributed by atoms with Gasteiger partial charge >= 0.3 is 5.69 Å². The van der Waals surface area contributed by atoms with E-state index in [4.69, 9.17) is 0 Å². The van der Waals surface area contributed by atoms with Crippen LogP contribution in [-0.4, -0.2) is 58.9 Å². The van der Waals surface area contributed by atoms with Crippen molar-refractivity contribution >= 4 is 34.6 Å². The monoisotopic (exact) mass is 371 g/mol. The maximum atomic E-state index is 11.7. The van der Waals surface area contributed by atoms with Crippen molar-refractivity contribution in [2.75, 3.05) is 48.8 Å². The summed E-state index contributed by atoms with van der Waals surface area (Å²) >= 11 is 0. The predicted octanol–water partition coefficient (Wildman–Crippen LogP) is 1.84. The van der Waals surface area contributed by atoms with Crippen LogP contribution >= 0.6 is 0 Å². The largest absolute Gasteiger partial charge is 0.353 e. The van der Waals surface area contributed by atoms with E-state index in [0.29, 0.717) is 30.3 Å². The van der Waals surface area contributed by atoms with Gasteiger partial charge in [-0.05, 0) is 31.3 Å². The lowest BCUT2D eigenvalue weighted by molar-refractivity contribution is -0.383. The highest BCUT2D eigenvalue weighted by molar-refractivity contribution is 5.89. The van der Waals surface area contributed by atoms with Gasteiger partial charge in [-0.1, -0.05) is 0 Å². The molecule has 142 valence electrons. The van der Waals surface area contributed by atoms with Crippen molar-refractivity contribution in [2.24, 2.45) is 0 Å². The predicted molar refractivity (Wildman–Crippen MR) is 102 cm³/mol. The molecule has 1 fully saturated rings. The number of piperazine rings is 1. The van der Waals surface area contributed by atoms with E-state index in [2.05, 4.69) is 25.5 Å². The van der Waals surface area contributed by atoms with Gasteiger partial charge in [0.1, 0.15) is 6.33 Å². The highest BCUT2D eigenvalue weighted by Crippen LogP contribution is 2.34. The molecular formula is C17H21N7O3. The van der Waals surface area contributed by atoms with E-state index in [-0.39, 0.29) is 17.4 Å². The van der Waals surface area contributed by atoms with Crippen molar-refractivity contribution in [2.45, 2.75) is 6.92 Å². The lowest BCUT2D eigenvalue weighted by Crippen LogP contribution is -2.45. The molecule has 0 atom stereocenters. The highest BCUT2D eigenvalue weighted by Gasteiger charge is 2.28. The van der Waals surface area contributed by atoms with Gasteiger partial charge in [0.15, 0.2) is 0 Å². The molecule has 1 saturated heterocycles. The molecule has 0 unspecified atom stereocenters. The van der Waals surface area contributed by atoms with Gasteiger partial charge in [0, 0.05) is 44.5 Å². The number of likely N-dealkylation sites (N-methyl/N-ethyl adjacent to an activating group) is 1. The topological polar surface area (TPSA) is 117 Å². The Hall–Kier alpha value is -3.27. The molecule has 0 bridgehead atoms. The number of aromatic nitrogens is 2. The number of nitrogens with zero attached hydrogens (tertiary/aromatic N) is 5. The number of amides is 1. The number of anilines is 4. The van der Waals surface area contributed by atoms with Gasteiger partial charge in [0.25, 0.3) is 0 Å². The fourth-order valence-corrected chi connectivity index (χ4v) is 2.86. The molecule has 10 nitrogen and oxygen atoms in total. The van der Waals surface area contributed by atoms with Crippen LogP contribution in [0.5, 0.6) is 0 Å². The van der Waals surface area contributed by atoms with Crippen molar-refractivity contribution in [1.82, 2.24) is 14.9 Å². The number of carbonyl (C=O) groups is 1. The zero-order chi connectivity index (χ0) is 19.4. The first-order chi connectivity index (χ1) is 12.9. The van der Waals surface area contributed by atoms with E-state index < -0.39 is 4.92 Å². The zero-order valence-electron chi connectivity index (χ0n) is 15.2. The van der Waals surface area contributed by atoms with Crippen molar-refractivity contribution in [1.29, 1.82) is 0 Å². The molecule has 1 amide bonds. The number of hydrogen-bond donors (Lipinski definition) is 2. The summed E-state index contributed by atoms with van der Waals surface area (Å²) in [5, 5.41) is 17.4. The molecule has 3 rings (SSSR count). The Labute approximate surface area is 156 Å². The molecule has 1 aromatic carbocycles. The SMILES string of the molecule is CC(=O)Nc1ccc(Nc2ncnc(N3CCN(C)CC3)c2[N+](=O)[O-])cc1. The lowest BCUT2D eigenvalue weighted by atomic mass is 10.2. The molecule has 1 aromatic heterocycles. The molecule has 0 radical (unpaired) electrons. The minimum atomic E-state index is -0.457. The smallest absolute Gasteiger partial charge is 0.348 e. The van der Waals surface area contributed by atoms with E-state index in [9.17, 15) is 14.9 Å². The van der Waals surface area contributed by atoms with Crippen molar-refractivity contribution < 1.29 is 9.72 Å². The first-order valence-electron chi connectivity index (χ1n) is 8.51. The Morgan fingerprint density at radius 1 is 1.11 bits per heavy atom. The fourth-order valence-electron chi connectivity index (χ4n) is 2.86. The molecule has 2 N–H and O–H groups in total. The lowest BCUT2D eigenvalue weighted by Gasteiger charge is -2.32. The van der Waals surface area contributed by atoms with Crippen LogP contribution in [0.4, 0.5) is 28.7 Å². The summed E-state index contributed by atoms with van der Waals surface area (Å²) in [6, 6.07) is 6.84. The molecule has 1 aliphatic rings. The van der Waals surface area contributed by atoms with E-state index >= 15 is 0 Å². The van der Waals surface area contributed by atoms with E-state index in [1.54, 1.807) is 24.3 Å². The van der Waals surface area contributed by atoms with Gasteiger partial charge in [-0.25, -0.2) is 9.97 Å². The van der Waals surface area contributed by atoms with Crippen LogP contribution < -0.4 is 15.5 Å². The second-order valence-electron chi connectivity index (χ2n) is 6.33. The molecule has 2 heterocycles. The average Bonchev–Trinajstić information content (AvgIpc) is 2.63. The van der Waals surface area contributed by atoms with Gasteiger partial charge in [-0.3, -0.25) is 14.9 Å². The summed E-state index contributed by atoms with van der Waals surface area (Å²) < 4.78 is 0. The third-order valence-corrected chi connectivity index (χ3v) is 4.26. The minimum Gasteiger partial charge on any atom is -0.348 e. The Bertz CT molecular complexity index is 833. The van der Waals surface area contributed by atoms with Gasteiger partial charge in [-0.15, -0.1) is 0 Å². The standard InChI is InChI=1S/C17H21N7O3/c1-12(25)20-13-3-5-14(6-4-13)21-16-15(24(26)27)17(19-11-18-16)23-9-7-22(2)8-10-23/h3-6,11H,7-10H2,1-2H3,(H,20,25)(H,18,19,21). The Balaban J connectivity index is 1.86. The first-order valence-corrected chi connectivity index (χ1v) is 8.51. The minimum absolute atomic E-state index is 0.135. The maximum Gasteiger partial charge on any atom is 0.353 e. The number of carbonyl (C=O) groups excluding carboxylic acids is 1. The summed E-state index contributed by atoms with van der Waals surface area (Å²) in [4.78, 5) is 34.7. The van der Waals surface area contributed by atoms with Gasteiger partial charge in [0.05, 0.1) is 4.92 Å². The molecule has 27 heavy (non-hydrogen) atoms. The first kappa shape index (κ1) is 18.5. The van der Waals surface area contributed by atoms with Crippen LogP contribution in [0.25, 0.3) is 0 Å². The third-order valence-electron chi connectivity index (χ3n) is 4.26. The van der Waals surface area contributed by atoms with Crippen LogP contribution in [-0.2, 0) is 4.79 Å². The summed E-state index contributed by atoms with van der Waals surface area (Å²) in [7, 11) is 2.02. The van der Waals surface area contributed by atoms with Crippen molar-refractivity contribution in [3.63, 3.8) is 0 Å². The fraction of sp³-hybridized carbons (Fsp3) is 0.353. The third kappa shape index (κ3) is 4.47. The number of nitrogens with one attached hydrogen (secondary N) is 2. The number of benzene rings is 1. The molecule has 1 aliphatic heterocycles. The van der Waals surface area contributed by atoms with Crippen molar-refractivity contribution in [3.05, 3.63) is 40.7 Å². The summed E-state index contributed by atoms with van der Waals surface area (Å²) in [5.41, 5.74) is 1.12. The zero-order valence-corrected chi connectivity index (χ0v) is 15.2. The Kier molecular flexibility index (Phi) is 5.46. The molecule has 10 heteroatoms. The van der Waals surface area contributed by atoms with E-state index in [1.807, 2.05) is 11.9 Å². The molecular weight excluding hydrogens is 350 g/mol. The number of rotatable bonds is 5. The molecule has 0 spiro atoms.